The number of unbranched alkanes of at least 4 members (excludes halogenated alkanes) is 1. The fourth-order valence-electron chi connectivity index (χ4n) is 2.58. The van der Waals surface area contributed by atoms with E-state index in [1.807, 2.05) is 20.8 Å². The van der Waals surface area contributed by atoms with Crippen molar-refractivity contribution in [3.63, 3.8) is 0 Å². The van der Waals surface area contributed by atoms with Crippen LogP contribution in [0.3, 0.4) is 0 Å². The average molecular weight is 313 g/mol. The lowest BCUT2D eigenvalue weighted by Crippen LogP contribution is -2.36. The van der Waals surface area contributed by atoms with Crippen LogP contribution in [0, 0.1) is 11.8 Å². The predicted octanol–water partition coefficient (Wildman–Crippen LogP) is 3.66. The molecule has 0 radical (unpaired) electrons. The Kier molecular flexibility index (Phi) is 7.69. The fourth-order valence-corrected chi connectivity index (χ4v) is 2.58. The molecule has 1 rings (SSSR count). The van der Waals surface area contributed by atoms with Crippen LogP contribution in [0.15, 0.2) is 0 Å². The SMILES string of the molecule is CCCCOC(=O)[C@H]1CC[C@@H](CNC(=O)OC(C)(C)C)CC1. The molecule has 0 heterocycles. The molecule has 5 heteroatoms. The van der Waals surface area contributed by atoms with Gasteiger partial charge in [0.2, 0.25) is 0 Å². The molecule has 1 fully saturated rings. The number of nitrogens with one attached hydrogen (secondary N) is 1. The Morgan fingerprint density at radius 1 is 1.14 bits per heavy atom. The van der Waals surface area contributed by atoms with Crippen LogP contribution < -0.4 is 5.32 Å². The zero-order valence-electron chi connectivity index (χ0n) is 14.4. The van der Waals surface area contributed by atoms with E-state index in [1.54, 1.807) is 0 Å². The van der Waals surface area contributed by atoms with E-state index in [0.29, 0.717) is 19.1 Å². The van der Waals surface area contributed by atoms with E-state index in [0.717, 1.165) is 38.5 Å². The van der Waals surface area contributed by atoms with Crippen LogP contribution in [0.1, 0.15) is 66.2 Å². The maximum atomic E-state index is 11.9. The van der Waals surface area contributed by atoms with Gasteiger partial charge in [-0.3, -0.25) is 4.79 Å². The molecule has 0 aromatic heterocycles. The molecule has 1 N–H and O–H groups in total. The van der Waals surface area contributed by atoms with Gasteiger partial charge in [0.15, 0.2) is 0 Å². The zero-order chi connectivity index (χ0) is 16.6. The van der Waals surface area contributed by atoms with Crippen molar-refractivity contribution in [1.82, 2.24) is 5.32 Å². The Bertz CT molecular complexity index is 354. The van der Waals surface area contributed by atoms with Crippen molar-refractivity contribution in [2.24, 2.45) is 11.8 Å². The van der Waals surface area contributed by atoms with Gasteiger partial charge in [-0.15, -0.1) is 0 Å². The quantitative estimate of drug-likeness (QED) is 0.600. The van der Waals surface area contributed by atoms with E-state index in [4.69, 9.17) is 9.47 Å². The van der Waals surface area contributed by atoms with E-state index < -0.39 is 5.60 Å². The molecule has 0 atom stereocenters. The van der Waals surface area contributed by atoms with Crippen LogP contribution in [0.4, 0.5) is 4.79 Å². The molecule has 0 unspecified atom stereocenters. The smallest absolute Gasteiger partial charge is 0.407 e. The highest BCUT2D eigenvalue weighted by atomic mass is 16.6. The van der Waals surface area contributed by atoms with Crippen LogP contribution >= 0.6 is 0 Å². The van der Waals surface area contributed by atoms with Crippen molar-refractivity contribution >= 4 is 12.1 Å². The summed E-state index contributed by atoms with van der Waals surface area (Å²) >= 11 is 0. The van der Waals surface area contributed by atoms with Gasteiger partial charge in [-0.25, -0.2) is 4.79 Å². The molecule has 5 nitrogen and oxygen atoms in total. The van der Waals surface area contributed by atoms with Crippen LogP contribution in [0.5, 0.6) is 0 Å². The highest BCUT2D eigenvalue weighted by Crippen LogP contribution is 2.29. The first-order valence-electron chi connectivity index (χ1n) is 8.45. The number of hydrogen-bond acceptors (Lipinski definition) is 4. The Morgan fingerprint density at radius 3 is 2.32 bits per heavy atom. The van der Waals surface area contributed by atoms with Gasteiger partial charge in [0.1, 0.15) is 5.60 Å². The third kappa shape index (κ3) is 7.66. The van der Waals surface area contributed by atoms with Gasteiger partial charge < -0.3 is 14.8 Å². The summed E-state index contributed by atoms with van der Waals surface area (Å²) in [6.07, 6.45) is 5.20. The lowest BCUT2D eigenvalue weighted by Gasteiger charge is -2.28. The monoisotopic (exact) mass is 313 g/mol. The Hall–Kier alpha value is -1.26. The minimum atomic E-state index is -0.468. The normalized spacial score (nSPS) is 22.0. The Labute approximate surface area is 134 Å². The lowest BCUT2D eigenvalue weighted by molar-refractivity contribution is -0.150. The number of carbonyl (C=O) groups is 2. The van der Waals surface area contributed by atoms with E-state index in [1.165, 1.54) is 0 Å². The van der Waals surface area contributed by atoms with Crippen molar-refractivity contribution in [2.45, 2.75) is 71.8 Å². The van der Waals surface area contributed by atoms with Crippen molar-refractivity contribution < 1.29 is 19.1 Å². The summed E-state index contributed by atoms with van der Waals surface area (Å²) < 4.78 is 10.5. The molecular formula is C17H31NO4. The molecule has 0 aliphatic heterocycles. The highest BCUT2D eigenvalue weighted by Gasteiger charge is 2.27. The molecule has 0 aromatic carbocycles. The Morgan fingerprint density at radius 2 is 1.77 bits per heavy atom. The van der Waals surface area contributed by atoms with Crippen LogP contribution in [-0.4, -0.2) is 30.8 Å². The second-order valence-electron chi connectivity index (χ2n) is 7.12. The molecule has 0 spiro atoms. The summed E-state index contributed by atoms with van der Waals surface area (Å²) in [6, 6.07) is 0. The maximum absolute atomic E-state index is 11.9. The number of ether oxygens (including phenoxy) is 2. The Balaban J connectivity index is 2.19. The van der Waals surface area contributed by atoms with Gasteiger partial charge in [-0.1, -0.05) is 13.3 Å². The average Bonchev–Trinajstić information content (AvgIpc) is 2.44. The van der Waals surface area contributed by atoms with E-state index in [9.17, 15) is 9.59 Å². The van der Waals surface area contributed by atoms with Gasteiger partial charge in [0.25, 0.3) is 0 Å². The van der Waals surface area contributed by atoms with Gasteiger partial charge in [0, 0.05) is 6.54 Å². The summed E-state index contributed by atoms with van der Waals surface area (Å²) in [5, 5.41) is 2.82. The first-order chi connectivity index (χ1) is 10.3. The number of hydrogen-bond donors (Lipinski definition) is 1. The van der Waals surface area contributed by atoms with Crippen LogP contribution in [-0.2, 0) is 14.3 Å². The highest BCUT2D eigenvalue weighted by molar-refractivity contribution is 5.72. The standard InChI is InChI=1S/C17H31NO4/c1-5-6-11-21-15(19)14-9-7-13(8-10-14)12-18-16(20)22-17(2,3)4/h13-14H,5-12H2,1-4H3,(H,18,20)/t13-,14+. The minimum Gasteiger partial charge on any atom is -0.465 e. The molecule has 1 aliphatic carbocycles. The molecule has 128 valence electrons. The van der Waals surface area contributed by atoms with E-state index in [2.05, 4.69) is 12.2 Å². The second kappa shape index (κ2) is 9.01. The summed E-state index contributed by atoms with van der Waals surface area (Å²) in [4.78, 5) is 23.5. The minimum absolute atomic E-state index is 0.0367. The molecule has 0 aromatic rings. The number of esters is 1. The number of amides is 1. The van der Waals surface area contributed by atoms with Gasteiger partial charge in [-0.05, 0) is 58.8 Å². The first kappa shape index (κ1) is 18.8. The summed E-state index contributed by atoms with van der Waals surface area (Å²) in [6.45, 7) is 8.78. The van der Waals surface area contributed by atoms with Crippen molar-refractivity contribution in [3.8, 4) is 0 Å². The van der Waals surface area contributed by atoms with Crippen molar-refractivity contribution in [3.05, 3.63) is 0 Å². The summed E-state index contributed by atoms with van der Waals surface area (Å²) in [7, 11) is 0. The summed E-state index contributed by atoms with van der Waals surface area (Å²) in [5.41, 5.74) is -0.468. The van der Waals surface area contributed by atoms with Crippen LogP contribution in [0.2, 0.25) is 0 Å². The second-order valence-corrected chi connectivity index (χ2v) is 7.12. The molecule has 1 amide bonds. The topological polar surface area (TPSA) is 64.6 Å². The van der Waals surface area contributed by atoms with Crippen molar-refractivity contribution in [2.75, 3.05) is 13.2 Å². The molecule has 1 aliphatic rings. The van der Waals surface area contributed by atoms with Crippen LogP contribution in [0.25, 0.3) is 0 Å². The predicted molar refractivity (Wildman–Crippen MR) is 85.6 cm³/mol. The molecule has 1 saturated carbocycles. The summed E-state index contributed by atoms with van der Waals surface area (Å²) in [5.74, 6) is 0.411. The third-order valence-corrected chi connectivity index (χ3v) is 3.86. The third-order valence-electron chi connectivity index (χ3n) is 3.86. The van der Waals surface area contributed by atoms with E-state index in [-0.39, 0.29) is 18.0 Å². The zero-order valence-corrected chi connectivity index (χ0v) is 14.4. The largest absolute Gasteiger partial charge is 0.465 e. The first-order valence-corrected chi connectivity index (χ1v) is 8.45. The number of carbonyl (C=O) groups excluding carboxylic acids is 2. The van der Waals surface area contributed by atoms with Gasteiger partial charge in [-0.2, -0.15) is 0 Å². The van der Waals surface area contributed by atoms with Crippen molar-refractivity contribution in [1.29, 1.82) is 0 Å². The molecule has 0 bridgehead atoms. The van der Waals surface area contributed by atoms with Gasteiger partial charge in [0.05, 0.1) is 12.5 Å². The molecule has 0 saturated heterocycles. The fraction of sp³-hybridized carbons (Fsp3) is 0.882. The number of rotatable bonds is 6. The molecule has 22 heavy (non-hydrogen) atoms. The maximum Gasteiger partial charge on any atom is 0.407 e. The van der Waals surface area contributed by atoms with E-state index >= 15 is 0 Å². The molecular weight excluding hydrogens is 282 g/mol. The lowest BCUT2D eigenvalue weighted by atomic mass is 9.82. The van der Waals surface area contributed by atoms with Gasteiger partial charge >= 0.3 is 12.1 Å². The number of alkyl carbamates (subject to hydrolysis) is 1.